The Morgan fingerprint density at radius 3 is 2.60 bits per heavy atom. The van der Waals surface area contributed by atoms with Crippen molar-refractivity contribution in [2.75, 3.05) is 0 Å². The summed E-state index contributed by atoms with van der Waals surface area (Å²) >= 11 is 0. The zero-order chi connectivity index (χ0) is 21.5. The maximum absolute atomic E-state index is 12.8. The third-order valence-electron chi connectivity index (χ3n) is 6.62. The lowest BCUT2D eigenvalue weighted by Gasteiger charge is -2.22. The van der Waals surface area contributed by atoms with Gasteiger partial charge >= 0.3 is 6.18 Å². The van der Waals surface area contributed by atoms with Crippen molar-refractivity contribution in [3.8, 4) is 0 Å². The molecule has 162 valence electrons. The van der Waals surface area contributed by atoms with Crippen molar-refractivity contribution in [3.05, 3.63) is 36.3 Å². The Labute approximate surface area is 174 Å². The number of aliphatic hydroxyl groups excluding tert-OH is 1. The Balaban J connectivity index is 1.71. The highest BCUT2D eigenvalue weighted by Crippen LogP contribution is 2.41. The van der Waals surface area contributed by atoms with Crippen LogP contribution < -0.4 is 0 Å². The summed E-state index contributed by atoms with van der Waals surface area (Å²) in [6, 6.07) is 7.97. The number of hydrogen-bond acceptors (Lipinski definition) is 3. The van der Waals surface area contributed by atoms with Crippen LogP contribution in [0.4, 0.5) is 13.2 Å². The third-order valence-corrected chi connectivity index (χ3v) is 6.62. The molecule has 0 aliphatic heterocycles. The summed E-state index contributed by atoms with van der Waals surface area (Å²) in [5.41, 5.74) is 2.58. The highest BCUT2D eigenvalue weighted by atomic mass is 19.4. The number of aromatic nitrogens is 3. The monoisotopic (exact) mass is 419 g/mol. The van der Waals surface area contributed by atoms with Gasteiger partial charge in [-0.15, -0.1) is 0 Å². The van der Waals surface area contributed by atoms with E-state index in [0.717, 1.165) is 47.6 Å². The summed E-state index contributed by atoms with van der Waals surface area (Å²) in [7, 11) is 0. The number of imidazole rings is 1. The van der Waals surface area contributed by atoms with Crippen LogP contribution in [0, 0.1) is 11.8 Å². The minimum absolute atomic E-state index is 0.0693. The first-order chi connectivity index (χ1) is 14.2. The van der Waals surface area contributed by atoms with Crippen molar-refractivity contribution >= 4 is 21.9 Å². The number of halogens is 3. The van der Waals surface area contributed by atoms with E-state index in [4.69, 9.17) is 0 Å². The number of aliphatic hydroxyl groups is 1. The number of rotatable bonds is 4. The topological polar surface area (TPSA) is 50.9 Å². The molecule has 0 amide bonds. The normalized spacial score (nSPS) is 24.3. The van der Waals surface area contributed by atoms with Crippen LogP contribution in [-0.2, 0) is 0 Å². The lowest BCUT2D eigenvalue weighted by molar-refractivity contribution is -0.138. The van der Waals surface area contributed by atoms with E-state index in [1.807, 2.05) is 24.3 Å². The van der Waals surface area contributed by atoms with Gasteiger partial charge in [0.2, 0.25) is 0 Å². The number of para-hydroxylation sites is 1. The zero-order valence-corrected chi connectivity index (χ0v) is 17.4. The van der Waals surface area contributed by atoms with Crippen molar-refractivity contribution in [1.82, 2.24) is 14.5 Å². The average molecular weight is 419 g/mol. The highest BCUT2D eigenvalue weighted by molar-refractivity contribution is 6.02. The molecule has 1 aliphatic carbocycles. The van der Waals surface area contributed by atoms with E-state index in [-0.39, 0.29) is 24.3 Å². The molecule has 3 aromatic rings. The molecule has 1 fully saturated rings. The van der Waals surface area contributed by atoms with Gasteiger partial charge in [0.15, 0.2) is 0 Å². The molecule has 0 bridgehead atoms. The van der Waals surface area contributed by atoms with Gasteiger partial charge < -0.3 is 9.67 Å². The summed E-state index contributed by atoms with van der Waals surface area (Å²) in [6.45, 7) is 3.78. The molecule has 0 radical (unpaired) electrons. The molecule has 4 unspecified atom stereocenters. The van der Waals surface area contributed by atoms with Crippen molar-refractivity contribution in [3.63, 3.8) is 0 Å². The highest BCUT2D eigenvalue weighted by Gasteiger charge is 2.33. The quantitative estimate of drug-likeness (QED) is 0.502. The standard InChI is InChI=1S/C23H28F3N3O/c1-14-7-9-17(10-8-16(14)11-12-23(24,25)26)29-21-18-5-3-4-6-19(18)27-13-20(21)28-22(29)15(2)30/h3-6,13-17,30H,7-12H2,1-2H3. The smallest absolute Gasteiger partial charge is 0.385 e. The molecule has 2 aromatic heterocycles. The van der Waals surface area contributed by atoms with Gasteiger partial charge in [-0.25, -0.2) is 4.98 Å². The Kier molecular flexibility index (Phi) is 5.75. The van der Waals surface area contributed by atoms with Gasteiger partial charge in [0.25, 0.3) is 0 Å². The van der Waals surface area contributed by atoms with Crippen molar-refractivity contribution in [2.24, 2.45) is 11.8 Å². The summed E-state index contributed by atoms with van der Waals surface area (Å²) in [6.07, 6.45) is -0.339. The SMILES string of the molecule is CC(O)c1nc2cnc3ccccc3c2n1C1CCC(C)C(CCC(F)(F)F)CC1. The van der Waals surface area contributed by atoms with Crippen LogP contribution in [0.5, 0.6) is 0 Å². The molecule has 4 nitrogen and oxygen atoms in total. The molecule has 0 saturated heterocycles. The minimum atomic E-state index is -4.10. The van der Waals surface area contributed by atoms with E-state index in [1.54, 1.807) is 13.1 Å². The van der Waals surface area contributed by atoms with Crippen LogP contribution in [0.15, 0.2) is 30.5 Å². The Morgan fingerprint density at radius 2 is 1.87 bits per heavy atom. The number of alkyl halides is 3. The second-order valence-corrected chi connectivity index (χ2v) is 8.72. The molecule has 1 saturated carbocycles. The average Bonchev–Trinajstić information content (AvgIpc) is 3.00. The molecule has 4 atom stereocenters. The van der Waals surface area contributed by atoms with Gasteiger partial charge in [-0.1, -0.05) is 25.1 Å². The largest absolute Gasteiger partial charge is 0.389 e. The fourth-order valence-corrected chi connectivity index (χ4v) is 4.97. The number of benzene rings is 1. The predicted molar refractivity (Wildman–Crippen MR) is 111 cm³/mol. The first kappa shape index (κ1) is 21.1. The number of pyridine rings is 1. The lowest BCUT2D eigenvalue weighted by atomic mass is 9.86. The van der Waals surface area contributed by atoms with Gasteiger partial charge in [0, 0.05) is 17.8 Å². The van der Waals surface area contributed by atoms with Crippen molar-refractivity contribution < 1.29 is 18.3 Å². The Morgan fingerprint density at radius 1 is 1.13 bits per heavy atom. The molecule has 1 N–H and O–H groups in total. The van der Waals surface area contributed by atoms with Crippen molar-refractivity contribution in [2.45, 2.75) is 70.7 Å². The molecular formula is C23H28F3N3O. The maximum atomic E-state index is 12.8. The van der Waals surface area contributed by atoms with Crippen LogP contribution in [-0.4, -0.2) is 25.8 Å². The van der Waals surface area contributed by atoms with Crippen LogP contribution in [0.25, 0.3) is 21.9 Å². The molecule has 1 aliphatic rings. The Bertz CT molecular complexity index is 1030. The fourth-order valence-electron chi connectivity index (χ4n) is 4.97. The van der Waals surface area contributed by atoms with Crippen molar-refractivity contribution in [1.29, 1.82) is 0 Å². The molecule has 30 heavy (non-hydrogen) atoms. The molecule has 1 aromatic carbocycles. The molecule has 0 spiro atoms. The number of nitrogens with zero attached hydrogens (tertiary/aromatic N) is 3. The van der Waals surface area contributed by atoms with E-state index in [9.17, 15) is 18.3 Å². The van der Waals surface area contributed by atoms with Crippen LogP contribution in [0.1, 0.15) is 70.3 Å². The molecular weight excluding hydrogens is 391 g/mol. The summed E-state index contributed by atoms with van der Waals surface area (Å²) in [4.78, 5) is 9.17. The first-order valence-electron chi connectivity index (χ1n) is 10.7. The molecule has 7 heteroatoms. The van der Waals surface area contributed by atoms with E-state index < -0.39 is 18.7 Å². The number of fused-ring (bicyclic) bond motifs is 3. The minimum Gasteiger partial charge on any atom is -0.385 e. The molecule has 4 rings (SSSR count). The van der Waals surface area contributed by atoms with E-state index >= 15 is 0 Å². The third kappa shape index (κ3) is 4.17. The Hall–Kier alpha value is -2.15. The second-order valence-electron chi connectivity index (χ2n) is 8.72. The first-order valence-corrected chi connectivity index (χ1v) is 10.7. The van der Waals surface area contributed by atoms with Gasteiger partial charge in [-0.05, 0) is 56.9 Å². The maximum Gasteiger partial charge on any atom is 0.389 e. The summed E-state index contributed by atoms with van der Waals surface area (Å²) in [5.74, 6) is 0.926. The van der Waals surface area contributed by atoms with Gasteiger partial charge in [-0.3, -0.25) is 4.98 Å². The van der Waals surface area contributed by atoms with Gasteiger partial charge in [0.1, 0.15) is 17.4 Å². The van der Waals surface area contributed by atoms with Crippen LogP contribution >= 0.6 is 0 Å². The lowest BCUT2D eigenvalue weighted by Crippen LogP contribution is -2.15. The van der Waals surface area contributed by atoms with Gasteiger partial charge in [-0.2, -0.15) is 13.2 Å². The zero-order valence-electron chi connectivity index (χ0n) is 17.4. The second kappa shape index (κ2) is 8.17. The van der Waals surface area contributed by atoms with E-state index in [1.165, 1.54) is 0 Å². The summed E-state index contributed by atoms with van der Waals surface area (Å²) in [5, 5.41) is 11.4. The molecule has 2 heterocycles. The van der Waals surface area contributed by atoms with Crippen LogP contribution in [0.3, 0.4) is 0 Å². The van der Waals surface area contributed by atoms with E-state index in [2.05, 4.69) is 21.5 Å². The number of hydrogen-bond donors (Lipinski definition) is 1. The fraction of sp³-hybridized carbons (Fsp3) is 0.565. The summed E-state index contributed by atoms with van der Waals surface area (Å²) < 4.78 is 40.4. The van der Waals surface area contributed by atoms with Gasteiger partial charge in [0.05, 0.1) is 17.2 Å². The van der Waals surface area contributed by atoms with Crippen LogP contribution in [0.2, 0.25) is 0 Å². The van der Waals surface area contributed by atoms with E-state index in [0.29, 0.717) is 5.82 Å². The predicted octanol–water partition coefficient (Wildman–Crippen LogP) is 6.35.